The molecule has 20 heavy (non-hydrogen) atoms. The fraction of sp³-hybridized carbons (Fsp3) is 0.368. The molecule has 2 rings (SSSR count). The minimum Gasteiger partial charge on any atom is -0.497 e. The Labute approximate surface area is 122 Å². The summed E-state index contributed by atoms with van der Waals surface area (Å²) in [5.41, 5.74) is 5.54. The SMILES string of the molecule is COc1cccc(-c2ccc(C)cc2CC(C)(C)C)c1. The van der Waals surface area contributed by atoms with Crippen LogP contribution in [0, 0.1) is 12.3 Å². The lowest BCUT2D eigenvalue weighted by molar-refractivity contribution is 0.411. The molecule has 0 unspecified atom stereocenters. The van der Waals surface area contributed by atoms with Crippen LogP contribution >= 0.6 is 0 Å². The molecule has 2 aromatic carbocycles. The topological polar surface area (TPSA) is 9.23 Å². The van der Waals surface area contributed by atoms with E-state index in [1.165, 1.54) is 22.3 Å². The second-order valence-electron chi connectivity index (χ2n) is 6.63. The van der Waals surface area contributed by atoms with Crippen molar-refractivity contribution in [3.63, 3.8) is 0 Å². The minimum atomic E-state index is 0.279. The molecule has 0 aromatic heterocycles. The zero-order valence-corrected chi connectivity index (χ0v) is 13.2. The van der Waals surface area contributed by atoms with E-state index in [1.807, 2.05) is 6.07 Å². The number of hydrogen-bond donors (Lipinski definition) is 0. The molecule has 1 heteroatoms. The normalized spacial score (nSPS) is 11.4. The molecule has 1 nitrogen and oxygen atoms in total. The first-order valence-electron chi connectivity index (χ1n) is 7.13. The number of rotatable bonds is 3. The van der Waals surface area contributed by atoms with Crippen LogP contribution in [0.5, 0.6) is 5.75 Å². The van der Waals surface area contributed by atoms with Crippen LogP contribution in [0.1, 0.15) is 31.9 Å². The van der Waals surface area contributed by atoms with Crippen molar-refractivity contribution in [2.45, 2.75) is 34.1 Å². The summed E-state index contributed by atoms with van der Waals surface area (Å²) in [6.07, 6.45) is 1.07. The third-order valence-electron chi connectivity index (χ3n) is 3.36. The van der Waals surface area contributed by atoms with E-state index in [0.29, 0.717) is 0 Å². The van der Waals surface area contributed by atoms with E-state index < -0.39 is 0 Å². The van der Waals surface area contributed by atoms with Crippen molar-refractivity contribution >= 4 is 0 Å². The van der Waals surface area contributed by atoms with E-state index in [1.54, 1.807) is 7.11 Å². The van der Waals surface area contributed by atoms with E-state index in [9.17, 15) is 0 Å². The van der Waals surface area contributed by atoms with E-state index >= 15 is 0 Å². The fourth-order valence-corrected chi connectivity index (χ4v) is 2.51. The van der Waals surface area contributed by atoms with Gasteiger partial charge in [0, 0.05) is 0 Å². The molecular formula is C19H24O. The second kappa shape index (κ2) is 5.70. The number of methoxy groups -OCH3 is 1. The minimum absolute atomic E-state index is 0.279. The average molecular weight is 268 g/mol. The monoisotopic (exact) mass is 268 g/mol. The van der Waals surface area contributed by atoms with Crippen LogP contribution in [0.3, 0.4) is 0 Å². The highest BCUT2D eigenvalue weighted by Gasteiger charge is 2.15. The molecule has 0 saturated carbocycles. The smallest absolute Gasteiger partial charge is 0.119 e. The van der Waals surface area contributed by atoms with Gasteiger partial charge < -0.3 is 4.74 Å². The Morgan fingerprint density at radius 2 is 1.75 bits per heavy atom. The van der Waals surface area contributed by atoms with Crippen molar-refractivity contribution in [2.24, 2.45) is 5.41 Å². The van der Waals surface area contributed by atoms with Gasteiger partial charge in [-0.1, -0.05) is 56.7 Å². The van der Waals surface area contributed by atoms with Crippen molar-refractivity contribution in [1.29, 1.82) is 0 Å². The maximum Gasteiger partial charge on any atom is 0.119 e. The standard InChI is InChI=1S/C19H24O/c1-14-9-10-18(16(11-14)13-19(2,3)4)15-7-6-8-17(12-15)20-5/h6-12H,13H2,1-5H3. The predicted molar refractivity (Wildman–Crippen MR) is 86.3 cm³/mol. The summed E-state index contributed by atoms with van der Waals surface area (Å²) >= 11 is 0. The van der Waals surface area contributed by atoms with Crippen LogP contribution in [-0.4, -0.2) is 7.11 Å². The highest BCUT2D eigenvalue weighted by atomic mass is 16.5. The summed E-state index contributed by atoms with van der Waals surface area (Å²) in [4.78, 5) is 0. The first-order chi connectivity index (χ1) is 9.39. The lowest BCUT2D eigenvalue weighted by atomic mass is 9.84. The molecule has 0 aliphatic carbocycles. The maximum atomic E-state index is 5.34. The molecule has 0 radical (unpaired) electrons. The molecule has 0 spiro atoms. The third-order valence-corrected chi connectivity index (χ3v) is 3.36. The zero-order chi connectivity index (χ0) is 14.8. The van der Waals surface area contributed by atoms with E-state index in [2.05, 4.69) is 64.1 Å². The molecular weight excluding hydrogens is 244 g/mol. The van der Waals surface area contributed by atoms with Crippen LogP contribution in [0.25, 0.3) is 11.1 Å². The average Bonchev–Trinajstić information content (AvgIpc) is 2.37. The van der Waals surface area contributed by atoms with Crippen molar-refractivity contribution in [2.75, 3.05) is 7.11 Å². The Balaban J connectivity index is 2.49. The Morgan fingerprint density at radius 1 is 1.00 bits per heavy atom. The lowest BCUT2D eigenvalue weighted by Crippen LogP contribution is -2.10. The van der Waals surface area contributed by atoms with Gasteiger partial charge in [0.25, 0.3) is 0 Å². The second-order valence-corrected chi connectivity index (χ2v) is 6.63. The van der Waals surface area contributed by atoms with Gasteiger partial charge >= 0.3 is 0 Å². The molecule has 106 valence electrons. The van der Waals surface area contributed by atoms with Gasteiger partial charge in [-0.15, -0.1) is 0 Å². The summed E-state index contributed by atoms with van der Waals surface area (Å²) in [5.74, 6) is 0.907. The molecule has 0 atom stereocenters. The van der Waals surface area contributed by atoms with Gasteiger partial charge in [0.15, 0.2) is 0 Å². The predicted octanol–water partition coefficient (Wildman–Crippen LogP) is 5.26. The molecule has 0 fully saturated rings. The summed E-state index contributed by atoms with van der Waals surface area (Å²) in [5, 5.41) is 0. The number of ether oxygens (including phenoxy) is 1. The Hall–Kier alpha value is -1.76. The zero-order valence-electron chi connectivity index (χ0n) is 13.2. The molecule has 0 N–H and O–H groups in total. The van der Waals surface area contributed by atoms with Crippen LogP contribution in [0.2, 0.25) is 0 Å². The van der Waals surface area contributed by atoms with Crippen molar-refractivity contribution < 1.29 is 4.74 Å². The quantitative estimate of drug-likeness (QED) is 0.738. The summed E-state index contributed by atoms with van der Waals surface area (Å²) in [7, 11) is 1.71. The molecule has 2 aromatic rings. The van der Waals surface area contributed by atoms with Gasteiger partial charge in [-0.05, 0) is 47.6 Å². The van der Waals surface area contributed by atoms with Gasteiger partial charge in [0.1, 0.15) is 5.75 Å². The Kier molecular flexibility index (Phi) is 4.17. The summed E-state index contributed by atoms with van der Waals surface area (Å²) < 4.78 is 5.34. The van der Waals surface area contributed by atoms with Gasteiger partial charge in [0.2, 0.25) is 0 Å². The highest BCUT2D eigenvalue weighted by molar-refractivity contribution is 5.69. The van der Waals surface area contributed by atoms with E-state index in [-0.39, 0.29) is 5.41 Å². The first kappa shape index (κ1) is 14.6. The van der Waals surface area contributed by atoms with Crippen LogP contribution in [-0.2, 0) is 6.42 Å². The highest BCUT2D eigenvalue weighted by Crippen LogP contribution is 2.31. The van der Waals surface area contributed by atoms with Gasteiger partial charge in [0.05, 0.1) is 7.11 Å². The van der Waals surface area contributed by atoms with Crippen LogP contribution < -0.4 is 4.74 Å². The molecule has 0 heterocycles. The van der Waals surface area contributed by atoms with E-state index in [4.69, 9.17) is 4.74 Å². The largest absolute Gasteiger partial charge is 0.497 e. The van der Waals surface area contributed by atoms with E-state index in [0.717, 1.165) is 12.2 Å². The van der Waals surface area contributed by atoms with Crippen LogP contribution in [0.15, 0.2) is 42.5 Å². The fourth-order valence-electron chi connectivity index (χ4n) is 2.51. The Morgan fingerprint density at radius 3 is 2.40 bits per heavy atom. The van der Waals surface area contributed by atoms with Crippen molar-refractivity contribution in [3.05, 3.63) is 53.6 Å². The molecule has 0 aliphatic rings. The number of hydrogen-bond acceptors (Lipinski definition) is 1. The molecule has 0 aliphatic heterocycles. The number of aryl methyl sites for hydroxylation is 1. The summed E-state index contributed by atoms with van der Waals surface area (Å²) in [6.45, 7) is 9.00. The van der Waals surface area contributed by atoms with Crippen molar-refractivity contribution in [1.82, 2.24) is 0 Å². The first-order valence-corrected chi connectivity index (χ1v) is 7.13. The molecule has 0 amide bonds. The van der Waals surface area contributed by atoms with Gasteiger partial charge in [-0.25, -0.2) is 0 Å². The number of benzene rings is 2. The summed E-state index contributed by atoms with van der Waals surface area (Å²) in [6, 6.07) is 15.0. The van der Waals surface area contributed by atoms with Crippen molar-refractivity contribution in [3.8, 4) is 16.9 Å². The van der Waals surface area contributed by atoms with Gasteiger partial charge in [-0.2, -0.15) is 0 Å². The maximum absolute atomic E-state index is 5.34. The van der Waals surface area contributed by atoms with Gasteiger partial charge in [-0.3, -0.25) is 0 Å². The third kappa shape index (κ3) is 3.63. The molecule has 0 bridgehead atoms. The van der Waals surface area contributed by atoms with Crippen LogP contribution in [0.4, 0.5) is 0 Å². The Bertz CT molecular complexity index is 591. The molecule has 0 saturated heterocycles. The lowest BCUT2D eigenvalue weighted by Gasteiger charge is -2.21.